The van der Waals surface area contributed by atoms with Crippen molar-refractivity contribution >= 4 is 7.85 Å². The molecule has 2 radical (unpaired) electrons. The smallest absolute Gasteiger partial charge is 0.297 e. The highest BCUT2D eigenvalue weighted by Gasteiger charge is 2.21. The molecule has 0 amide bonds. The lowest BCUT2D eigenvalue weighted by Crippen LogP contribution is -2.21. The van der Waals surface area contributed by atoms with Crippen molar-refractivity contribution in [3.8, 4) is 0 Å². The Bertz CT molecular complexity index is 445. The second-order valence-electron chi connectivity index (χ2n) is 5.05. The molecule has 1 aliphatic carbocycles. The lowest BCUT2D eigenvalue weighted by atomic mass is 9.81. The Morgan fingerprint density at radius 3 is 2.94 bits per heavy atom. The number of aromatic nitrogens is 1. The van der Waals surface area contributed by atoms with Crippen LogP contribution < -0.4 is 5.68 Å². The van der Waals surface area contributed by atoms with Crippen molar-refractivity contribution in [2.75, 3.05) is 6.54 Å². The van der Waals surface area contributed by atoms with Crippen LogP contribution in [0.4, 0.5) is 0 Å². The third-order valence-corrected chi connectivity index (χ3v) is 3.28. The fourth-order valence-corrected chi connectivity index (χ4v) is 2.54. The van der Waals surface area contributed by atoms with Crippen molar-refractivity contribution in [2.45, 2.75) is 58.3 Å². The molecule has 1 aromatic rings. The molecule has 0 saturated heterocycles. The molecule has 0 fully saturated rings. The van der Waals surface area contributed by atoms with E-state index in [9.17, 15) is 0 Å². The molecular formula is C13H21BN2O. The van der Waals surface area contributed by atoms with Crippen LogP contribution in [-0.2, 0) is 12.8 Å². The van der Waals surface area contributed by atoms with Gasteiger partial charge in [0.1, 0.15) is 5.76 Å². The second-order valence-corrected chi connectivity index (χ2v) is 5.05. The van der Waals surface area contributed by atoms with E-state index in [1.54, 1.807) is 0 Å². The molecule has 1 unspecified atom stereocenters. The maximum absolute atomic E-state index is 6.06. The Hall–Kier alpha value is -0.925. The van der Waals surface area contributed by atoms with Gasteiger partial charge >= 0.3 is 0 Å². The van der Waals surface area contributed by atoms with Gasteiger partial charge in [-0.2, -0.15) is 0 Å². The van der Waals surface area contributed by atoms with Gasteiger partial charge in [-0.3, -0.25) is 4.57 Å². The fourth-order valence-electron chi connectivity index (χ4n) is 2.54. The molecule has 1 aromatic heterocycles. The summed E-state index contributed by atoms with van der Waals surface area (Å²) in [5.74, 6) is 1.29. The summed E-state index contributed by atoms with van der Waals surface area (Å²) in [6, 6.07) is 0.391. The summed E-state index contributed by atoms with van der Waals surface area (Å²) in [4.78, 5) is 4.44. The lowest BCUT2D eigenvalue weighted by molar-refractivity contribution is 0.407. The minimum atomic E-state index is 0.234. The van der Waals surface area contributed by atoms with Gasteiger partial charge in [-0.25, -0.2) is 4.99 Å². The zero-order chi connectivity index (χ0) is 12.4. The highest BCUT2D eigenvalue weighted by molar-refractivity contribution is 6.11. The van der Waals surface area contributed by atoms with E-state index in [2.05, 4.69) is 23.4 Å². The predicted molar refractivity (Wildman–Crippen MR) is 69.3 cm³/mol. The molecule has 0 N–H and O–H groups in total. The van der Waals surface area contributed by atoms with Crippen molar-refractivity contribution in [2.24, 2.45) is 4.99 Å². The fraction of sp³-hybridized carbons (Fsp3) is 0.769. The summed E-state index contributed by atoms with van der Waals surface area (Å²) in [5.41, 5.74) is 2.07. The molecule has 3 nitrogen and oxygen atoms in total. The van der Waals surface area contributed by atoms with Gasteiger partial charge < -0.3 is 4.42 Å². The molecule has 0 bridgehead atoms. The van der Waals surface area contributed by atoms with Gasteiger partial charge in [0, 0.05) is 19.0 Å². The summed E-state index contributed by atoms with van der Waals surface area (Å²) >= 11 is 0. The van der Waals surface area contributed by atoms with E-state index in [4.69, 9.17) is 12.3 Å². The van der Waals surface area contributed by atoms with Crippen LogP contribution in [0.25, 0.3) is 0 Å². The number of rotatable bonds is 2. The van der Waals surface area contributed by atoms with E-state index in [1.165, 1.54) is 5.69 Å². The maximum atomic E-state index is 6.06. The zero-order valence-electron chi connectivity index (χ0n) is 11.1. The van der Waals surface area contributed by atoms with Crippen LogP contribution in [0.1, 0.15) is 51.1 Å². The highest BCUT2D eigenvalue weighted by Crippen LogP contribution is 2.26. The zero-order valence-corrected chi connectivity index (χ0v) is 11.1. The largest absolute Gasteiger partial charge is 0.428 e. The minimum Gasteiger partial charge on any atom is -0.428 e. The molecule has 1 aliphatic rings. The van der Waals surface area contributed by atoms with Gasteiger partial charge in [0.15, 0.2) is 0 Å². The van der Waals surface area contributed by atoms with Crippen LogP contribution in [0.15, 0.2) is 9.41 Å². The number of hydrogen-bond acceptors (Lipinski definition) is 2. The van der Waals surface area contributed by atoms with Gasteiger partial charge in [0.2, 0.25) is 0 Å². The van der Waals surface area contributed by atoms with E-state index in [-0.39, 0.29) is 5.82 Å². The van der Waals surface area contributed by atoms with Gasteiger partial charge in [-0.15, -0.1) is 0 Å². The Labute approximate surface area is 104 Å². The number of hydrogen-bond donors (Lipinski definition) is 0. The van der Waals surface area contributed by atoms with Gasteiger partial charge in [0.05, 0.1) is 13.5 Å². The van der Waals surface area contributed by atoms with Crippen molar-refractivity contribution in [3.63, 3.8) is 0 Å². The second kappa shape index (κ2) is 5.15. The van der Waals surface area contributed by atoms with Gasteiger partial charge in [-0.1, -0.05) is 12.2 Å². The quantitative estimate of drug-likeness (QED) is 0.569. The Kier molecular flexibility index (Phi) is 3.80. The third-order valence-electron chi connectivity index (χ3n) is 3.28. The Morgan fingerprint density at radius 2 is 2.29 bits per heavy atom. The maximum Gasteiger partial charge on any atom is 0.297 e. The summed E-state index contributed by atoms with van der Waals surface area (Å²) in [5, 5.41) is 0. The van der Waals surface area contributed by atoms with Crippen molar-refractivity contribution < 1.29 is 4.42 Å². The molecule has 0 saturated carbocycles. The molecule has 1 heterocycles. The monoisotopic (exact) mass is 232 g/mol. The molecule has 2 rings (SSSR count). The first-order valence-electron chi connectivity index (χ1n) is 6.62. The molecule has 0 spiro atoms. The summed E-state index contributed by atoms with van der Waals surface area (Å²) < 4.78 is 8.14. The minimum absolute atomic E-state index is 0.234. The molecule has 17 heavy (non-hydrogen) atoms. The first-order valence-corrected chi connectivity index (χ1v) is 6.62. The van der Waals surface area contributed by atoms with Crippen LogP contribution >= 0.6 is 0 Å². The third kappa shape index (κ3) is 2.50. The van der Waals surface area contributed by atoms with Crippen LogP contribution in [0.5, 0.6) is 0 Å². The molecule has 4 heteroatoms. The topological polar surface area (TPSA) is 30.4 Å². The lowest BCUT2D eigenvalue weighted by Gasteiger charge is -2.10. The highest BCUT2D eigenvalue weighted by atomic mass is 16.4. The van der Waals surface area contributed by atoms with Crippen LogP contribution in [0.2, 0.25) is 5.82 Å². The van der Waals surface area contributed by atoms with Crippen LogP contribution in [-0.4, -0.2) is 19.0 Å². The molecule has 1 atom stereocenters. The summed E-state index contributed by atoms with van der Waals surface area (Å²) in [6.07, 6.45) is 4.14. The SMILES string of the molecule is [B]C1CCCc2c(oc(=NCC)n2C(C)C)C1. The number of fused-ring (bicyclic) bond motifs is 1. The summed E-state index contributed by atoms with van der Waals surface area (Å²) in [6.45, 7) is 7.14. The van der Waals surface area contributed by atoms with Crippen LogP contribution in [0, 0.1) is 0 Å². The number of nitrogens with zero attached hydrogens (tertiary/aromatic N) is 2. The Morgan fingerprint density at radius 1 is 1.53 bits per heavy atom. The normalized spacial score (nSPS) is 21.6. The van der Waals surface area contributed by atoms with E-state index < -0.39 is 0 Å². The standard InChI is InChI=1S/C13H21BN2O/c1-4-15-13-16(9(2)3)11-7-5-6-10(14)8-12(11)17-13/h9-10H,4-8H2,1-3H3. The average Bonchev–Trinajstić information content (AvgIpc) is 2.47. The van der Waals surface area contributed by atoms with Gasteiger partial charge in [0.25, 0.3) is 5.68 Å². The van der Waals surface area contributed by atoms with Gasteiger partial charge in [-0.05, 0) is 33.6 Å². The first-order chi connectivity index (χ1) is 8.13. The van der Waals surface area contributed by atoms with Crippen LogP contribution in [0.3, 0.4) is 0 Å². The molecule has 92 valence electrons. The average molecular weight is 232 g/mol. The van der Waals surface area contributed by atoms with E-state index in [1.807, 2.05) is 6.92 Å². The van der Waals surface area contributed by atoms with Crippen molar-refractivity contribution in [1.29, 1.82) is 0 Å². The first kappa shape index (κ1) is 12.5. The van der Waals surface area contributed by atoms with E-state index >= 15 is 0 Å². The predicted octanol–water partition coefficient (Wildman–Crippen LogP) is 2.42. The molecule has 0 aromatic carbocycles. The Balaban J connectivity index is 2.52. The molecular weight excluding hydrogens is 211 g/mol. The van der Waals surface area contributed by atoms with E-state index in [0.717, 1.165) is 43.7 Å². The van der Waals surface area contributed by atoms with Crippen molar-refractivity contribution in [3.05, 3.63) is 17.1 Å². The summed E-state index contributed by atoms with van der Waals surface area (Å²) in [7, 11) is 6.06. The number of oxazole rings is 1. The molecule has 0 aliphatic heterocycles. The van der Waals surface area contributed by atoms with Crippen molar-refractivity contribution in [1.82, 2.24) is 4.57 Å². The van der Waals surface area contributed by atoms with E-state index in [0.29, 0.717) is 6.04 Å².